The van der Waals surface area contributed by atoms with Gasteiger partial charge in [0.25, 0.3) is 11.6 Å². The van der Waals surface area contributed by atoms with Crippen LogP contribution in [0.25, 0.3) is 0 Å². The molecule has 2 aliphatic heterocycles. The average molecular weight is 382 g/mol. The van der Waals surface area contributed by atoms with Gasteiger partial charge in [0.15, 0.2) is 11.6 Å². The van der Waals surface area contributed by atoms with E-state index >= 15 is 0 Å². The van der Waals surface area contributed by atoms with Crippen LogP contribution in [0.1, 0.15) is 44.7 Å². The minimum Gasteiger partial charge on any atom is -0.507 e. The first-order valence-electron chi connectivity index (χ1n) is 8.88. The fourth-order valence-corrected chi connectivity index (χ4v) is 4.73. The molecular weight excluding hydrogens is 368 g/mol. The molecule has 2 spiro atoms. The Morgan fingerprint density at radius 1 is 0.857 bits per heavy atom. The molecule has 4 aliphatic rings. The molecule has 2 aliphatic carbocycles. The third-order valence-electron chi connectivity index (χ3n) is 5.91. The molecule has 2 bridgehead atoms. The summed E-state index contributed by atoms with van der Waals surface area (Å²) in [4.78, 5) is 24.9. The molecule has 28 heavy (non-hydrogen) atoms. The molecule has 0 saturated heterocycles. The lowest BCUT2D eigenvalue weighted by Gasteiger charge is -2.57. The lowest BCUT2D eigenvalue weighted by molar-refractivity contribution is -0.404. The van der Waals surface area contributed by atoms with Gasteiger partial charge in [0.05, 0.1) is 16.7 Å². The Balaban J connectivity index is 1.73. The first-order valence-corrected chi connectivity index (χ1v) is 8.88. The van der Waals surface area contributed by atoms with Crippen LogP contribution in [0.2, 0.25) is 0 Å². The van der Waals surface area contributed by atoms with Crippen LogP contribution in [0.4, 0.5) is 0 Å². The highest BCUT2D eigenvalue weighted by Crippen LogP contribution is 2.61. The quantitative estimate of drug-likeness (QED) is 0.619. The van der Waals surface area contributed by atoms with Gasteiger partial charge in [0, 0.05) is 18.4 Å². The van der Waals surface area contributed by atoms with Crippen molar-refractivity contribution in [2.24, 2.45) is 0 Å². The number of carbonyl (C=O) groups is 2. The zero-order valence-corrected chi connectivity index (χ0v) is 14.3. The number of phenolic OH excluding ortho intramolecular Hbond substituents is 1. The smallest absolute Gasteiger partial charge is 0.271 e. The summed E-state index contributed by atoms with van der Waals surface area (Å²) in [6.07, 6.45) is -3.34. The molecule has 4 atom stereocenters. The van der Waals surface area contributed by atoms with Gasteiger partial charge >= 0.3 is 0 Å². The largest absolute Gasteiger partial charge is 0.507 e. The highest BCUT2D eigenvalue weighted by molar-refractivity contribution is 6.03. The summed E-state index contributed by atoms with van der Waals surface area (Å²) >= 11 is 0. The maximum absolute atomic E-state index is 12.5. The summed E-state index contributed by atoms with van der Waals surface area (Å²) in [5.41, 5.74) is 0.607. The lowest BCUT2D eigenvalue weighted by atomic mass is 9.76. The molecule has 6 rings (SSSR count). The third-order valence-corrected chi connectivity index (χ3v) is 5.91. The van der Waals surface area contributed by atoms with Gasteiger partial charge in [-0.3, -0.25) is 14.3 Å². The van der Waals surface area contributed by atoms with E-state index in [2.05, 4.69) is 0 Å². The molecule has 8 heteroatoms. The zero-order valence-electron chi connectivity index (χ0n) is 14.3. The van der Waals surface area contributed by atoms with Crippen LogP contribution in [0.3, 0.4) is 0 Å². The summed E-state index contributed by atoms with van der Waals surface area (Å²) in [6.45, 7) is 0. The van der Waals surface area contributed by atoms with E-state index in [0.29, 0.717) is 5.56 Å². The van der Waals surface area contributed by atoms with Crippen LogP contribution >= 0.6 is 0 Å². The van der Waals surface area contributed by atoms with Crippen molar-refractivity contribution in [1.82, 2.24) is 0 Å². The van der Waals surface area contributed by atoms with Gasteiger partial charge in [-0.15, -0.1) is 0 Å². The number of rotatable bonds is 0. The van der Waals surface area contributed by atoms with Gasteiger partial charge in [-0.2, -0.15) is 0 Å². The Bertz CT molecular complexity index is 1110. The van der Waals surface area contributed by atoms with Crippen LogP contribution in [-0.2, 0) is 16.3 Å². The van der Waals surface area contributed by atoms with Crippen molar-refractivity contribution in [2.45, 2.75) is 36.6 Å². The molecule has 2 aromatic carbocycles. The maximum Gasteiger partial charge on any atom is 0.271 e. The normalized spacial score (nSPS) is 34.1. The van der Waals surface area contributed by atoms with Crippen LogP contribution in [0.5, 0.6) is 17.2 Å². The first-order chi connectivity index (χ1) is 13.4. The van der Waals surface area contributed by atoms with E-state index in [1.54, 1.807) is 18.2 Å². The predicted molar refractivity (Wildman–Crippen MR) is 90.2 cm³/mol. The standard InChI is InChI=1S/C20H14O8/c21-9-4-5-13-18-16(9)11(23)7-15(25)20(18)26-12-3-1-2-8-10(22)6-14(24)19(27-13,28-20)17(8)12/h1-5,14-15,21,24-25H,6-7H2/t14-,15-,19-,20+/m1/s1. The number of Topliss-reactive ketones (excluding diaryl/α,β-unsaturated/α-hetero) is 2. The van der Waals surface area contributed by atoms with Gasteiger partial charge in [-0.1, -0.05) is 12.1 Å². The molecule has 2 heterocycles. The van der Waals surface area contributed by atoms with Crippen molar-refractivity contribution in [3.05, 3.63) is 52.6 Å². The van der Waals surface area contributed by atoms with Gasteiger partial charge < -0.3 is 24.8 Å². The number of phenols is 1. The Labute approximate surface area is 157 Å². The molecule has 0 amide bonds. The van der Waals surface area contributed by atoms with Crippen molar-refractivity contribution < 1.29 is 39.1 Å². The Kier molecular flexibility index (Phi) is 2.71. The highest BCUT2D eigenvalue weighted by atomic mass is 16.8. The zero-order chi connectivity index (χ0) is 19.4. The lowest BCUT2D eigenvalue weighted by Crippen LogP contribution is -2.67. The molecule has 142 valence electrons. The van der Waals surface area contributed by atoms with Crippen molar-refractivity contribution in [3.8, 4) is 17.2 Å². The minimum atomic E-state index is -1.86. The number of aliphatic hydroxyl groups is 2. The number of hydrogen-bond donors (Lipinski definition) is 3. The number of ketones is 2. The summed E-state index contributed by atoms with van der Waals surface area (Å²) < 4.78 is 18.3. The average Bonchev–Trinajstić information content (AvgIpc) is 2.65. The van der Waals surface area contributed by atoms with Crippen LogP contribution in [-0.4, -0.2) is 39.1 Å². The van der Waals surface area contributed by atoms with Gasteiger partial charge in [0.2, 0.25) is 0 Å². The number of hydrogen-bond acceptors (Lipinski definition) is 8. The molecule has 0 radical (unpaired) electrons. The Morgan fingerprint density at radius 3 is 2.25 bits per heavy atom. The maximum atomic E-state index is 12.5. The highest BCUT2D eigenvalue weighted by Gasteiger charge is 2.68. The van der Waals surface area contributed by atoms with Crippen LogP contribution < -0.4 is 9.47 Å². The summed E-state index contributed by atoms with van der Waals surface area (Å²) in [7, 11) is 0. The second-order valence-electron chi connectivity index (χ2n) is 7.44. The van der Waals surface area contributed by atoms with Crippen LogP contribution in [0, 0.1) is 0 Å². The van der Waals surface area contributed by atoms with E-state index in [9.17, 15) is 24.9 Å². The second kappa shape index (κ2) is 4.72. The molecule has 0 fully saturated rings. The first kappa shape index (κ1) is 16.1. The Morgan fingerprint density at radius 2 is 1.50 bits per heavy atom. The van der Waals surface area contributed by atoms with Gasteiger partial charge in [-0.25, -0.2) is 0 Å². The number of benzene rings is 2. The summed E-state index contributed by atoms with van der Waals surface area (Å²) in [5, 5.41) is 31.9. The van der Waals surface area contributed by atoms with E-state index in [1.807, 2.05) is 0 Å². The van der Waals surface area contributed by atoms with E-state index < -0.39 is 29.6 Å². The number of ether oxygens (including phenoxy) is 3. The van der Waals surface area contributed by atoms with E-state index in [-0.39, 0.29) is 52.6 Å². The topological polar surface area (TPSA) is 123 Å². The van der Waals surface area contributed by atoms with Gasteiger partial charge in [0.1, 0.15) is 29.5 Å². The second-order valence-corrected chi connectivity index (χ2v) is 7.44. The SMILES string of the molecule is O=C1C[C@@H](O)[C@]23Oc4ccc(O)c5c4[C@@](Oc4cccc1c42)(O3)[C@H](O)CC5=O. The van der Waals surface area contributed by atoms with E-state index in [4.69, 9.17) is 14.2 Å². The molecule has 0 aromatic heterocycles. The fourth-order valence-electron chi connectivity index (χ4n) is 4.73. The summed E-state index contributed by atoms with van der Waals surface area (Å²) in [6, 6.07) is 7.55. The van der Waals surface area contributed by atoms with E-state index in [1.165, 1.54) is 12.1 Å². The number of aliphatic hydroxyl groups excluding tert-OH is 2. The Hall–Kier alpha value is -2.94. The monoisotopic (exact) mass is 382 g/mol. The van der Waals surface area contributed by atoms with Crippen molar-refractivity contribution in [2.75, 3.05) is 0 Å². The molecule has 2 aromatic rings. The van der Waals surface area contributed by atoms with Crippen LogP contribution in [0.15, 0.2) is 30.3 Å². The van der Waals surface area contributed by atoms with Crippen molar-refractivity contribution in [1.29, 1.82) is 0 Å². The molecule has 0 saturated carbocycles. The molecular formula is C20H14O8. The predicted octanol–water partition coefficient (Wildman–Crippen LogP) is 1.09. The number of carbonyl (C=O) groups excluding carboxylic acids is 2. The third kappa shape index (κ3) is 1.59. The van der Waals surface area contributed by atoms with E-state index in [0.717, 1.165) is 0 Å². The fraction of sp³-hybridized carbons (Fsp3) is 0.300. The number of aromatic hydroxyl groups is 1. The van der Waals surface area contributed by atoms with Crippen molar-refractivity contribution in [3.63, 3.8) is 0 Å². The molecule has 0 unspecified atom stereocenters. The van der Waals surface area contributed by atoms with Crippen molar-refractivity contribution >= 4 is 11.6 Å². The van der Waals surface area contributed by atoms with Gasteiger partial charge in [-0.05, 0) is 18.2 Å². The molecule has 8 nitrogen and oxygen atoms in total. The molecule has 3 N–H and O–H groups in total. The minimum absolute atomic E-state index is 0.0429. The summed E-state index contributed by atoms with van der Waals surface area (Å²) in [5.74, 6) is -4.31.